The Labute approximate surface area is 125 Å². The van der Waals surface area contributed by atoms with Crippen LogP contribution in [-0.2, 0) is 13.1 Å². The van der Waals surface area contributed by atoms with E-state index in [1.54, 1.807) is 13.3 Å². The molecule has 0 unspecified atom stereocenters. The van der Waals surface area contributed by atoms with Gasteiger partial charge in [0.1, 0.15) is 0 Å². The molecule has 0 amide bonds. The summed E-state index contributed by atoms with van der Waals surface area (Å²) in [4.78, 5) is 4.03. The molecule has 2 rings (SSSR count). The average molecular weight is 289 g/mol. The normalized spacial score (nSPS) is 10.6. The Morgan fingerprint density at radius 2 is 2.19 bits per heavy atom. The molecule has 0 fully saturated rings. The lowest BCUT2D eigenvalue weighted by molar-refractivity contribution is 0.310. The van der Waals surface area contributed by atoms with E-state index in [0.29, 0.717) is 6.61 Å². The second-order valence-electron chi connectivity index (χ2n) is 4.75. The molecule has 2 aromatic rings. The molecule has 0 radical (unpaired) electrons. The van der Waals surface area contributed by atoms with Crippen molar-refractivity contribution in [3.63, 3.8) is 0 Å². The molecule has 0 aliphatic heterocycles. The molecule has 1 heterocycles. The Morgan fingerprint density at radius 3 is 2.90 bits per heavy atom. The van der Waals surface area contributed by atoms with Gasteiger partial charge in [0.2, 0.25) is 0 Å². The fourth-order valence-corrected chi connectivity index (χ4v) is 2.14. The van der Waals surface area contributed by atoms with E-state index >= 15 is 0 Å². The largest absolute Gasteiger partial charge is 0.493 e. The molecule has 0 aliphatic carbocycles. The summed E-state index contributed by atoms with van der Waals surface area (Å²) >= 11 is 0. The summed E-state index contributed by atoms with van der Waals surface area (Å²) in [6.45, 7) is 5.39. The Bertz CT molecular complexity index is 526. The zero-order valence-electron chi connectivity index (χ0n) is 12.7. The Kier molecular flexibility index (Phi) is 6.09. The van der Waals surface area contributed by atoms with E-state index in [0.717, 1.165) is 37.6 Å². The van der Waals surface area contributed by atoms with Crippen LogP contribution in [0.25, 0.3) is 0 Å². The highest BCUT2D eigenvalue weighted by Gasteiger charge is 2.04. The third-order valence-electron chi connectivity index (χ3n) is 3.19. The summed E-state index contributed by atoms with van der Waals surface area (Å²) in [5.41, 5.74) is 1.20. The van der Waals surface area contributed by atoms with Crippen LogP contribution >= 0.6 is 0 Å². The maximum Gasteiger partial charge on any atom is 0.161 e. The number of hydrogen-bond donors (Lipinski definition) is 1. The van der Waals surface area contributed by atoms with Crippen molar-refractivity contribution in [3.8, 4) is 11.5 Å². The number of nitrogens with zero attached hydrogens (tertiary/aromatic N) is 2. The van der Waals surface area contributed by atoms with E-state index < -0.39 is 0 Å². The van der Waals surface area contributed by atoms with Gasteiger partial charge in [-0.2, -0.15) is 0 Å². The number of aryl methyl sites for hydroxylation is 1. The van der Waals surface area contributed by atoms with Crippen LogP contribution in [0.4, 0.5) is 0 Å². The van der Waals surface area contributed by atoms with E-state index in [4.69, 9.17) is 9.47 Å². The number of benzene rings is 1. The lowest BCUT2D eigenvalue weighted by Crippen LogP contribution is -2.16. The van der Waals surface area contributed by atoms with Gasteiger partial charge in [0, 0.05) is 25.5 Å². The average Bonchev–Trinajstić information content (AvgIpc) is 3.01. The Morgan fingerprint density at radius 1 is 1.29 bits per heavy atom. The standard InChI is InChI=1S/C16H23N3O2/c1-3-21-16-11-14(5-6-15(16)20-2)12-17-7-4-9-19-10-8-18-13-19/h5-6,8,10-11,13,17H,3-4,7,9,12H2,1-2H3. The quantitative estimate of drug-likeness (QED) is 0.720. The topological polar surface area (TPSA) is 48.3 Å². The molecule has 0 atom stereocenters. The first-order chi connectivity index (χ1) is 10.3. The lowest BCUT2D eigenvalue weighted by atomic mass is 10.2. The van der Waals surface area contributed by atoms with Crippen molar-refractivity contribution in [1.29, 1.82) is 0 Å². The highest BCUT2D eigenvalue weighted by atomic mass is 16.5. The molecular weight excluding hydrogens is 266 g/mol. The van der Waals surface area contributed by atoms with Gasteiger partial charge in [0.25, 0.3) is 0 Å². The van der Waals surface area contributed by atoms with Crippen LogP contribution in [0.5, 0.6) is 11.5 Å². The lowest BCUT2D eigenvalue weighted by Gasteiger charge is -2.11. The predicted octanol–water partition coefficient (Wildman–Crippen LogP) is 2.47. The maximum absolute atomic E-state index is 5.58. The van der Waals surface area contributed by atoms with Crippen LogP contribution in [0.2, 0.25) is 0 Å². The van der Waals surface area contributed by atoms with Crippen molar-refractivity contribution in [2.24, 2.45) is 0 Å². The van der Waals surface area contributed by atoms with Crippen molar-refractivity contribution in [3.05, 3.63) is 42.5 Å². The minimum atomic E-state index is 0.637. The first kappa shape index (κ1) is 15.4. The summed E-state index contributed by atoms with van der Waals surface area (Å²) in [6, 6.07) is 6.04. The number of imidazole rings is 1. The number of nitrogens with one attached hydrogen (secondary N) is 1. The van der Waals surface area contributed by atoms with Gasteiger partial charge in [0.15, 0.2) is 11.5 Å². The van der Waals surface area contributed by atoms with Crippen molar-refractivity contribution in [2.75, 3.05) is 20.3 Å². The number of methoxy groups -OCH3 is 1. The van der Waals surface area contributed by atoms with Gasteiger partial charge < -0.3 is 19.4 Å². The van der Waals surface area contributed by atoms with Gasteiger partial charge in [-0.3, -0.25) is 0 Å². The second-order valence-corrected chi connectivity index (χ2v) is 4.75. The van der Waals surface area contributed by atoms with Gasteiger partial charge in [-0.15, -0.1) is 0 Å². The predicted molar refractivity (Wildman–Crippen MR) is 82.7 cm³/mol. The number of aromatic nitrogens is 2. The number of rotatable bonds is 9. The van der Waals surface area contributed by atoms with E-state index in [1.807, 2.05) is 31.6 Å². The molecule has 114 valence electrons. The number of hydrogen-bond acceptors (Lipinski definition) is 4. The molecule has 0 bridgehead atoms. The SMILES string of the molecule is CCOc1cc(CNCCCn2ccnc2)ccc1OC. The summed E-state index contributed by atoms with van der Waals surface area (Å²) in [5.74, 6) is 1.58. The van der Waals surface area contributed by atoms with Gasteiger partial charge >= 0.3 is 0 Å². The smallest absolute Gasteiger partial charge is 0.161 e. The summed E-state index contributed by atoms with van der Waals surface area (Å²) in [6.07, 6.45) is 6.71. The molecule has 1 aromatic carbocycles. The zero-order chi connectivity index (χ0) is 14.9. The van der Waals surface area contributed by atoms with Crippen molar-refractivity contribution < 1.29 is 9.47 Å². The van der Waals surface area contributed by atoms with Gasteiger partial charge in [0.05, 0.1) is 20.0 Å². The van der Waals surface area contributed by atoms with Crippen LogP contribution in [0.3, 0.4) is 0 Å². The van der Waals surface area contributed by atoms with Crippen LogP contribution in [0.1, 0.15) is 18.9 Å². The molecule has 1 N–H and O–H groups in total. The van der Waals surface area contributed by atoms with E-state index in [1.165, 1.54) is 5.56 Å². The van der Waals surface area contributed by atoms with Gasteiger partial charge in [-0.25, -0.2) is 4.98 Å². The highest BCUT2D eigenvalue weighted by molar-refractivity contribution is 5.42. The summed E-state index contributed by atoms with van der Waals surface area (Å²) in [5, 5.41) is 3.44. The molecule has 5 nitrogen and oxygen atoms in total. The Balaban J connectivity index is 1.76. The monoisotopic (exact) mass is 289 g/mol. The first-order valence-corrected chi connectivity index (χ1v) is 7.29. The van der Waals surface area contributed by atoms with Crippen LogP contribution in [0.15, 0.2) is 36.9 Å². The third-order valence-corrected chi connectivity index (χ3v) is 3.19. The molecule has 0 saturated carbocycles. The third kappa shape index (κ3) is 4.79. The molecule has 5 heteroatoms. The van der Waals surface area contributed by atoms with Crippen LogP contribution in [0, 0.1) is 0 Å². The molecule has 0 aliphatic rings. The minimum absolute atomic E-state index is 0.637. The van der Waals surface area contributed by atoms with Crippen molar-refractivity contribution in [2.45, 2.75) is 26.4 Å². The molecule has 1 aromatic heterocycles. The molecular formula is C16H23N3O2. The highest BCUT2D eigenvalue weighted by Crippen LogP contribution is 2.27. The number of ether oxygens (including phenoxy) is 2. The Hall–Kier alpha value is -2.01. The molecule has 0 spiro atoms. The maximum atomic E-state index is 5.58. The van der Waals surface area contributed by atoms with E-state index in [2.05, 4.69) is 20.9 Å². The second kappa shape index (κ2) is 8.32. The van der Waals surface area contributed by atoms with Crippen LogP contribution < -0.4 is 14.8 Å². The van der Waals surface area contributed by atoms with Gasteiger partial charge in [-0.05, 0) is 37.6 Å². The fourth-order valence-electron chi connectivity index (χ4n) is 2.14. The van der Waals surface area contributed by atoms with Crippen LogP contribution in [-0.4, -0.2) is 29.8 Å². The zero-order valence-corrected chi connectivity index (χ0v) is 12.7. The summed E-state index contributed by atoms with van der Waals surface area (Å²) in [7, 11) is 1.66. The first-order valence-electron chi connectivity index (χ1n) is 7.29. The summed E-state index contributed by atoms with van der Waals surface area (Å²) < 4.78 is 13.0. The molecule has 21 heavy (non-hydrogen) atoms. The molecule has 0 saturated heterocycles. The minimum Gasteiger partial charge on any atom is -0.493 e. The van der Waals surface area contributed by atoms with E-state index in [9.17, 15) is 0 Å². The van der Waals surface area contributed by atoms with Gasteiger partial charge in [-0.1, -0.05) is 6.07 Å². The van der Waals surface area contributed by atoms with Crippen molar-refractivity contribution >= 4 is 0 Å². The van der Waals surface area contributed by atoms with Crippen molar-refractivity contribution in [1.82, 2.24) is 14.9 Å². The fraction of sp³-hybridized carbons (Fsp3) is 0.438. The van der Waals surface area contributed by atoms with E-state index in [-0.39, 0.29) is 0 Å².